The maximum atomic E-state index is 11.2. The minimum absolute atomic E-state index is 0.120. The van der Waals surface area contributed by atoms with Crippen molar-refractivity contribution in [2.75, 3.05) is 13.2 Å². The largest absolute Gasteiger partial charge is 0.465 e. The van der Waals surface area contributed by atoms with Crippen LogP contribution in [-0.4, -0.2) is 31.1 Å². The smallest absolute Gasteiger partial charge is 0.311 e. The van der Waals surface area contributed by atoms with Crippen molar-refractivity contribution in [2.45, 2.75) is 32.2 Å². The lowest BCUT2D eigenvalue weighted by atomic mass is 10.0. The van der Waals surface area contributed by atoms with Crippen molar-refractivity contribution >= 4 is 5.97 Å². The lowest BCUT2D eigenvalue weighted by Gasteiger charge is -2.18. The zero-order chi connectivity index (χ0) is 9.47. The van der Waals surface area contributed by atoms with Gasteiger partial charge < -0.3 is 14.2 Å². The van der Waals surface area contributed by atoms with Gasteiger partial charge in [0.15, 0.2) is 5.79 Å². The van der Waals surface area contributed by atoms with Gasteiger partial charge in [0.1, 0.15) is 0 Å². The van der Waals surface area contributed by atoms with E-state index >= 15 is 0 Å². The molecule has 2 aliphatic heterocycles. The molecule has 2 heterocycles. The second-order valence-corrected chi connectivity index (χ2v) is 3.93. The molecule has 2 aliphatic rings. The summed E-state index contributed by atoms with van der Waals surface area (Å²) in [5.74, 6) is -0.818. The third-order valence-electron chi connectivity index (χ3n) is 2.46. The van der Waals surface area contributed by atoms with E-state index in [0.29, 0.717) is 13.2 Å². The molecule has 0 aromatic rings. The summed E-state index contributed by atoms with van der Waals surface area (Å²) in [7, 11) is 0. The average molecular weight is 186 g/mol. The third kappa shape index (κ3) is 1.69. The Balaban J connectivity index is 1.99. The van der Waals surface area contributed by atoms with E-state index in [2.05, 4.69) is 0 Å². The Morgan fingerprint density at radius 2 is 2.23 bits per heavy atom. The van der Waals surface area contributed by atoms with Crippen LogP contribution in [0.3, 0.4) is 0 Å². The Labute approximate surface area is 77.1 Å². The first-order chi connectivity index (χ1) is 6.08. The molecular weight excluding hydrogens is 172 g/mol. The highest BCUT2D eigenvalue weighted by molar-refractivity contribution is 5.74. The van der Waals surface area contributed by atoms with Gasteiger partial charge in [0.05, 0.1) is 25.2 Å². The number of carbonyl (C=O) groups excluding carboxylic acids is 1. The van der Waals surface area contributed by atoms with Crippen LogP contribution < -0.4 is 0 Å². The molecule has 0 radical (unpaired) electrons. The van der Waals surface area contributed by atoms with Gasteiger partial charge in [-0.25, -0.2) is 0 Å². The van der Waals surface area contributed by atoms with Crippen molar-refractivity contribution in [3.8, 4) is 0 Å². The molecular formula is C9H14O4. The maximum Gasteiger partial charge on any atom is 0.311 e. The Morgan fingerprint density at radius 3 is 2.69 bits per heavy atom. The summed E-state index contributed by atoms with van der Waals surface area (Å²) in [6.07, 6.45) is 0.633. The fourth-order valence-corrected chi connectivity index (χ4v) is 1.76. The molecule has 0 aromatic heterocycles. The predicted molar refractivity (Wildman–Crippen MR) is 44.0 cm³/mol. The summed E-state index contributed by atoms with van der Waals surface area (Å²) in [4.78, 5) is 11.2. The van der Waals surface area contributed by atoms with E-state index in [1.165, 1.54) is 0 Å². The minimum atomic E-state index is -0.548. The molecule has 0 aromatic carbocycles. The summed E-state index contributed by atoms with van der Waals surface area (Å²) < 4.78 is 15.8. The number of hydrogen-bond acceptors (Lipinski definition) is 4. The van der Waals surface area contributed by atoms with Crippen molar-refractivity contribution in [3.05, 3.63) is 0 Å². The van der Waals surface area contributed by atoms with Crippen LogP contribution in [0.15, 0.2) is 0 Å². The molecule has 74 valence electrons. The topological polar surface area (TPSA) is 44.8 Å². The monoisotopic (exact) mass is 186 g/mol. The SMILES string of the molecule is CC1(C)OC[C@H]([C@H]2CCOC2=O)O1. The zero-order valence-corrected chi connectivity index (χ0v) is 7.91. The van der Waals surface area contributed by atoms with E-state index in [1.54, 1.807) is 0 Å². The second kappa shape index (κ2) is 2.96. The van der Waals surface area contributed by atoms with E-state index < -0.39 is 5.79 Å². The number of esters is 1. The Morgan fingerprint density at radius 1 is 1.46 bits per heavy atom. The fraction of sp³-hybridized carbons (Fsp3) is 0.889. The summed E-state index contributed by atoms with van der Waals surface area (Å²) in [5, 5.41) is 0. The van der Waals surface area contributed by atoms with Gasteiger partial charge in [-0.05, 0) is 20.3 Å². The quantitative estimate of drug-likeness (QED) is 0.565. The van der Waals surface area contributed by atoms with Gasteiger partial charge in [0.25, 0.3) is 0 Å². The maximum absolute atomic E-state index is 11.2. The van der Waals surface area contributed by atoms with Gasteiger partial charge in [-0.15, -0.1) is 0 Å². The lowest BCUT2D eigenvalue weighted by Crippen LogP contribution is -2.29. The van der Waals surface area contributed by atoms with Gasteiger partial charge in [0, 0.05) is 0 Å². The fourth-order valence-electron chi connectivity index (χ4n) is 1.76. The van der Waals surface area contributed by atoms with Crippen molar-refractivity contribution in [1.29, 1.82) is 0 Å². The van der Waals surface area contributed by atoms with E-state index in [4.69, 9.17) is 14.2 Å². The highest BCUT2D eigenvalue weighted by atomic mass is 16.7. The number of rotatable bonds is 1. The molecule has 2 atom stereocenters. The molecule has 13 heavy (non-hydrogen) atoms. The molecule has 0 spiro atoms. The molecule has 0 N–H and O–H groups in total. The van der Waals surface area contributed by atoms with Gasteiger partial charge in [-0.3, -0.25) is 4.79 Å². The molecule has 2 saturated heterocycles. The molecule has 0 unspecified atom stereocenters. The predicted octanol–water partition coefficient (Wildman–Crippen LogP) is 0.701. The lowest BCUT2D eigenvalue weighted by molar-refractivity contribution is -0.155. The van der Waals surface area contributed by atoms with E-state index in [1.807, 2.05) is 13.8 Å². The van der Waals surface area contributed by atoms with Crippen LogP contribution in [0.1, 0.15) is 20.3 Å². The van der Waals surface area contributed by atoms with Crippen LogP contribution in [0.2, 0.25) is 0 Å². The number of cyclic esters (lactones) is 1. The van der Waals surface area contributed by atoms with Crippen LogP contribution in [0, 0.1) is 5.92 Å². The standard InChI is InChI=1S/C9H14O4/c1-9(2)12-5-7(13-9)6-3-4-11-8(6)10/h6-7H,3-5H2,1-2H3/t6-,7-/m1/s1. The van der Waals surface area contributed by atoms with Gasteiger partial charge in [-0.2, -0.15) is 0 Å². The van der Waals surface area contributed by atoms with E-state index in [-0.39, 0.29) is 18.0 Å². The highest BCUT2D eigenvalue weighted by Gasteiger charge is 2.43. The van der Waals surface area contributed by atoms with Gasteiger partial charge in [-0.1, -0.05) is 0 Å². The van der Waals surface area contributed by atoms with Crippen LogP contribution in [-0.2, 0) is 19.0 Å². The number of ether oxygens (including phenoxy) is 3. The van der Waals surface area contributed by atoms with Crippen LogP contribution in [0.25, 0.3) is 0 Å². The first-order valence-electron chi connectivity index (χ1n) is 4.57. The number of hydrogen-bond donors (Lipinski definition) is 0. The highest BCUT2D eigenvalue weighted by Crippen LogP contribution is 2.30. The Hall–Kier alpha value is -0.610. The normalized spacial score (nSPS) is 37.8. The summed E-state index contributed by atoms with van der Waals surface area (Å²) in [6, 6.07) is 0. The zero-order valence-electron chi connectivity index (χ0n) is 7.91. The summed E-state index contributed by atoms with van der Waals surface area (Å²) in [5.41, 5.74) is 0. The molecule has 0 saturated carbocycles. The van der Waals surface area contributed by atoms with Crippen LogP contribution >= 0.6 is 0 Å². The van der Waals surface area contributed by atoms with Crippen LogP contribution in [0.5, 0.6) is 0 Å². The van der Waals surface area contributed by atoms with Gasteiger partial charge >= 0.3 is 5.97 Å². The molecule has 0 aliphatic carbocycles. The van der Waals surface area contributed by atoms with Gasteiger partial charge in [0.2, 0.25) is 0 Å². The summed E-state index contributed by atoms with van der Waals surface area (Å²) in [6.45, 7) is 4.72. The first kappa shape index (κ1) is 8.97. The Kier molecular flexibility index (Phi) is 2.04. The molecule has 4 nitrogen and oxygen atoms in total. The average Bonchev–Trinajstić information content (AvgIpc) is 2.56. The summed E-state index contributed by atoms with van der Waals surface area (Å²) >= 11 is 0. The molecule has 2 rings (SSSR count). The molecule has 0 amide bonds. The first-order valence-corrected chi connectivity index (χ1v) is 4.57. The van der Waals surface area contributed by atoms with Crippen LogP contribution in [0.4, 0.5) is 0 Å². The molecule has 0 bridgehead atoms. The van der Waals surface area contributed by atoms with Crippen molar-refractivity contribution in [2.24, 2.45) is 5.92 Å². The van der Waals surface area contributed by atoms with E-state index in [9.17, 15) is 4.79 Å². The minimum Gasteiger partial charge on any atom is -0.465 e. The third-order valence-corrected chi connectivity index (χ3v) is 2.46. The molecule has 2 fully saturated rings. The number of carbonyl (C=O) groups is 1. The van der Waals surface area contributed by atoms with E-state index in [0.717, 1.165) is 6.42 Å². The van der Waals surface area contributed by atoms with Crippen molar-refractivity contribution in [3.63, 3.8) is 0 Å². The van der Waals surface area contributed by atoms with Crippen molar-refractivity contribution < 1.29 is 19.0 Å². The Bertz CT molecular complexity index is 224. The molecule has 4 heteroatoms. The second-order valence-electron chi connectivity index (χ2n) is 3.93. The van der Waals surface area contributed by atoms with Crippen molar-refractivity contribution in [1.82, 2.24) is 0 Å².